The first-order valence-corrected chi connectivity index (χ1v) is 3.62. The summed E-state index contributed by atoms with van der Waals surface area (Å²) in [5.74, 6) is 0. The third-order valence-electron chi connectivity index (χ3n) is 1.66. The SMILES string of the molecule is C/C=C(\CC)N(C)CC. The van der Waals surface area contributed by atoms with Crippen molar-refractivity contribution in [3.05, 3.63) is 11.8 Å². The summed E-state index contributed by atoms with van der Waals surface area (Å²) in [5.41, 5.74) is 1.43. The molecule has 0 aromatic rings. The highest BCUT2D eigenvalue weighted by atomic mass is 15.1. The molecule has 9 heavy (non-hydrogen) atoms. The van der Waals surface area contributed by atoms with Crippen LogP contribution in [0.5, 0.6) is 0 Å². The van der Waals surface area contributed by atoms with Crippen molar-refractivity contribution in [1.29, 1.82) is 0 Å². The molecule has 0 amide bonds. The van der Waals surface area contributed by atoms with E-state index < -0.39 is 0 Å². The molecular formula is C8H17N. The van der Waals surface area contributed by atoms with Crippen LogP contribution < -0.4 is 0 Å². The fourth-order valence-electron chi connectivity index (χ4n) is 0.898. The molecule has 0 aliphatic carbocycles. The first-order valence-electron chi connectivity index (χ1n) is 3.62. The van der Waals surface area contributed by atoms with Crippen LogP contribution in [-0.2, 0) is 0 Å². The largest absolute Gasteiger partial charge is 0.378 e. The summed E-state index contributed by atoms with van der Waals surface area (Å²) >= 11 is 0. The van der Waals surface area contributed by atoms with Crippen LogP contribution in [0, 0.1) is 0 Å². The summed E-state index contributed by atoms with van der Waals surface area (Å²) in [6.07, 6.45) is 3.31. The Morgan fingerprint density at radius 2 is 2.00 bits per heavy atom. The molecule has 0 aliphatic heterocycles. The third kappa shape index (κ3) is 2.54. The maximum absolute atomic E-state index is 2.26. The van der Waals surface area contributed by atoms with E-state index in [-0.39, 0.29) is 0 Å². The molecule has 0 unspecified atom stereocenters. The summed E-state index contributed by atoms with van der Waals surface area (Å²) < 4.78 is 0. The second kappa shape index (κ2) is 4.42. The lowest BCUT2D eigenvalue weighted by molar-refractivity contribution is 0.427. The van der Waals surface area contributed by atoms with Gasteiger partial charge >= 0.3 is 0 Å². The normalized spacial score (nSPS) is 11.8. The number of rotatable bonds is 3. The predicted octanol–water partition coefficient (Wildman–Crippen LogP) is 2.25. The fraction of sp³-hybridized carbons (Fsp3) is 0.750. The third-order valence-corrected chi connectivity index (χ3v) is 1.66. The van der Waals surface area contributed by atoms with Crippen LogP contribution >= 0.6 is 0 Å². The molecule has 0 bridgehead atoms. The molecule has 0 N–H and O–H groups in total. The molecule has 0 saturated heterocycles. The Hall–Kier alpha value is -0.460. The summed E-state index contributed by atoms with van der Waals surface area (Å²) in [4.78, 5) is 2.26. The molecular weight excluding hydrogens is 110 g/mol. The van der Waals surface area contributed by atoms with Crippen LogP contribution in [0.2, 0.25) is 0 Å². The van der Waals surface area contributed by atoms with Crippen molar-refractivity contribution in [2.45, 2.75) is 27.2 Å². The first kappa shape index (κ1) is 8.54. The second-order valence-corrected chi connectivity index (χ2v) is 2.15. The van der Waals surface area contributed by atoms with Gasteiger partial charge in [0.15, 0.2) is 0 Å². The molecule has 54 valence electrons. The minimum absolute atomic E-state index is 1.10. The summed E-state index contributed by atoms with van der Waals surface area (Å²) in [5, 5.41) is 0. The van der Waals surface area contributed by atoms with Crippen molar-refractivity contribution in [3.63, 3.8) is 0 Å². The monoisotopic (exact) mass is 127 g/mol. The van der Waals surface area contributed by atoms with Crippen molar-refractivity contribution < 1.29 is 0 Å². The molecule has 1 heteroatoms. The van der Waals surface area contributed by atoms with E-state index in [1.54, 1.807) is 0 Å². The predicted molar refractivity (Wildman–Crippen MR) is 42.4 cm³/mol. The highest BCUT2D eigenvalue weighted by Gasteiger charge is 1.94. The minimum atomic E-state index is 1.10. The Morgan fingerprint density at radius 1 is 1.44 bits per heavy atom. The Balaban J connectivity index is 3.80. The Kier molecular flexibility index (Phi) is 4.20. The molecule has 0 heterocycles. The van der Waals surface area contributed by atoms with Gasteiger partial charge < -0.3 is 4.90 Å². The Labute approximate surface area is 58.4 Å². The van der Waals surface area contributed by atoms with Crippen molar-refractivity contribution in [1.82, 2.24) is 4.90 Å². The van der Waals surface area contributed by atoms with Gasteiger partial charge in [0.25, 0.3) is 0 Å². The van der Waals surface area contributed by atoms with Crippen LogP contribution in [0.25, 0.3) is 0 Å². The van der Waals surface area contributed by atoms with Gasteiger partial charge in [0.1, 0.15) is 0 Å². The van der Waals surface area contributed by atoms with Gasteiger partial charge in [-0.25, -0.2) is 0 Å². The fourth-order valence-corrected chi connectivity index (χ4v) is 0.898. The number of hydrogen-bond acceptors (Lipinski definition) is 1. The van der Waals surface area contributed by atoms with Crippen molar-refractivity contribution >= 4 is 0 Å². The molecule has 0 aromatic heterocycles. The van der Waals surface area contributed by atoms with E-state index in [1.165, 1.54) is 5.70 Å². The van der Waals surface area contributed by atoms with Gasteiger partial charge in [-0.2, -0.15) is 0 Å². The summed E-state index contributed by atoms with van der Waals surface area (Å²) in [6, 6.07) is 0. The van der Waals surface area contributed by atoms with Crippen LogP contribution in [0.3, 0.4) is 0 Å². The lowest BCUT2D eigenvalue weighted by Gasteiger charge is -2.18. The van der Waals surface area contributed by atoms with Crippen molar-refractivity contribution in [2.75, 3.05) is 13.6 Å². The van der Waals surface area contributed by atoms with Crippen molar-refractivity contribution in [2.24, 2.45) is 0 Å². The van der Waals surface area contributed by atoms with Crippen LogP contribution in [0.4, 0.5) is 0 Å². The number of nitrogens with zero attached hydrogens (tertiary/aromatic N) is 1. The van der Waals surface area contributed by atoms with Gasteiger partial charge in [0.05, 0.1) is 0 Å². The van der Waals surface area contributed by atoms with E-state index in [1.807, 2.05) is 0 Å². The van der Waals surface area contributed by atoms with E-state index in [9.17, 15) is 0 Å². The zero-order chi connectivity index (χ0) is 7.28. The standard InChI is InChI=1S/C8H17N/c1-5-8(6-2)9(4)7-3/h5H,6-7H2,1-4H3/b8-5+. The first-order chi connectivity index (χ1) is 4.26. The van der Waals surface area contributed by atoms with Gasteiger partial charge in [-0.05, 0) is 20.3 Å². The smallest absolute Gasteiger partial charge is 0.0143 e. The highest BCUT2D eigenvalue weighted by molar-refractivity contribution is 4.96. The highest BCUT2D eigenvalue weighted by Crippen LogP contribution is 2.03. The van der Waals surface area contributed by atoms with E-state index >= 15 is 0 Å². The molecule has 0 aromatic carbocycles. The zero-order valence-corrected chi connectivity index (χ0v) is 6.94. The van der Waals surface area contributed by atoms with Crippen LogP contribution in [-0.4, -0.2) is 18.5 Å². The average Bonchev–Trinajstić information content (AvgIpc) is 1.90. The van der Waals surface area contributed by atoms with Gasteiger partial charge in [0, 0.05) is 19.3 Å². The minimum Gasteiger partial charge on any atom is -0.378 e. The topological polar surface area (TPSA) is 3.24 Å². The maximum Gasteiger partial charge on any atom is 0.0143 e. The second-order valence-electron chi connectivity index (χ2n) is 2.15. The Bertz CT molecular complexity index is 94.7. The van der Waals surface area contributed by atoms with E-state index in [0.717, 1.165) is 13.0 Å². The lowest BCUT2D eigenvalue weighted by atomic mass is 10.3. The molecule has 1 nitrogen and oxygen atoms in total. The molecule has 0 fully saturated rings. The van der Waals surface area contributed by atoms with Crippen molar-refractivity contribution in [3.8, 4) is 0 Å². The number of hydrogen-bond donors (Lipinski definition) is 0. The summed E-state index contributed by atoms with van der Waals surface area (Å²) in [7, 11) is 2.12. The molecule has 0 spiro atoms. The molecule has 0 radical (unpaired) electrons. The lowest BCUT2D eigenvalue weighted by Crippen LogP contribution is -2.15. The zero-order valence-electron chi connectivity index (χ0n) is 6.94. The molecule has 0 aliphatic rings. The van der Waals surface area contributed by atoms with Gasteiger partial charge in [-0.15, -0.1) is 0 Å². The maximum atomic E-state index is 2.26. The Morgan fingerprint density at radius 3 is 2.11 bits per heavy atom. The molecule has 0 rings (SSSR count). The van der Waals surface area contributed by atoms with E-state index in [2.05, 4.69) is 38.8 Å². The van der Waals surface area contributed by atoms with Crippen LogP contribution in [0.15, 0.2) is 11.8 Å². The van der Waals surface area contributed by atoms with E-state index in [4.69, 9.17) is 0 Å². The summed E-state index contributed by atoms with van der Waals surface area (Å²) in [6.45, 7) is 7.54. The quantitative estimate of drug-likeness (QED) is 0.562. The molecule has 0 atom stereocenters. The van der Waals surface area contributed by atoms with Gasteiger partial charge in [-0.1, -0.05) is 13.0 Å². The average molecular weight is 127 g/mol. The van der Waals surface area contributed by atoms with Gasteiger partial charge in [-0.3, -0.25) is 0 Å². The number of allylic oxidation sites excluding steroid dienone is 2. The van der Waals surface area contributed by atoms with Gasteiger partial charge in [0.2, 0.25) is 0 Å². The molecule has 0 saturated carbocycles. The van der Waals surface area contributed by atoms with E-state index in [0.29, 0.717) is 0 Å². The van der Waals surface area contributed by atoms with Crippen LogP contribution in [0.1, 0.15) is 27.2 Å².